The molecule has 0 aromatic heterocycles. The Bertz CT molecular complexity index is 789. The molecule has 22 heavy (non-hydrogen) atoms. The molecule has 3 atom stereocenters. The van der Waals surface area contributed by atoms with Crippen LogP contribution in [0.2, 0.25) is 5.02 Å². The molecule has 2 heterocycles. The Labute approximate surface area is 131 Å². The molecular weight excluding hydrogens is 304 g/mol. The van der Waals surface area contributed by atoms with E-state index in [9.17, 15) is 10.5 Å². The lowest BCUT2D eigenvalue weighted by molar-refractivity contribution is -0.676. The number of nitriles is 2. The van der Waals surface area contributed by atoms with Gasteiger partial charge in [0.25, 0.3) is 5.84 Å². The first-order chi connectivity index (χ1) is 10.6. The fraction of sp³-hybridized carbons (Fsp3) is 0.400. The van der Waals surface area contributed by atoms with Crippen LogP contribution in [-0.2, 0) is 9.47 Å². The maximum Gasteiger partial charge on any atom is 0.343 e. The number of nitrogens with one attached hydrogen (secondary N) is 1. The van der Waals surface area contributed by atoms with E-state index in [0.29, 0.717) is 23.8 Å². The second kappa shape index (κ2) is 3.99. The molecule has 1 saturated heterocycles. The first kappa shape index (κ1) is 13.5. The van der Waals surface area contributed by atoms with Crippen molar-refractivity contribution in [3.63, 3.8) is 0 Å². The Morgan fingerprint density at radius 3 is 2.50 bits per heavy atom. The summed E-state index contributed by atoms with van der Waals surface area (Å²) in [6.07, 6.45) is 0. The molecular formula is C15H12ClN4O2+. The zero-order chi connectivity index (χ0) is 15.6. The second-order valence-electron chi connectivity index (χ2n) is 5.65. The first-order valence-electron chi connectivity index (χ1n) is 6.85. The molecule has 1 spiro atoms. The normalized spacial score (nSPS) is 37.2. The average Bonchev–Trinajstić information content (AvgIpc) is 2.76. The number of halogens is 1. The van der Waals surface area contributed by atoms with Gasteiger partial charge in [0.1, 0.15) is 0 Å². The Morgan fingerprint density at radius 1 is 1.23 bits per heavy atom. The van der Waals surface area contributed by atoms with Gasteiger partial charge < -0.3 is 9.47 Å². The number of fused-ring (bicyclic) bond motifs is 2. The molecule has 110 valence electrons. The summed E-state index contributed by atoms with van der Waals surface area (Å²) in [6, 6.07) is 11.6. The van der Waals surface area contributed by atoms with Gasteiger partial charge in [-0.15, -0.1) is 0 Å². The van der Waals surface area contributed by atoms with Gasteiger partial charge in [-0.05, 0) is 11.6 Å². The highest BCUT2D eigenvalue weighted by atomic mass is 35.5. The van der Waals surface area contributed by atoms with Gasteiger partial charge in [0, 0.05) is 10.9 Å². The van der Waals surface area contributed by atoms with E-state index in [1.54, 1.807) is 18.2 Å². The average molecular weight is 316 g/mol. The van der Waals surface area contributed by atoms with E-state index < -0.39 is 22.7 Å². The fourth-order valence-electron chi connectivity index (χ4n) is 3.99. The summed E-state index contributed by atoms with van der Waals surface area (Å²) in [6.45, 7) is 0.668. The molecule has 2 aliphatic heterocycles. The van der Waals surface area contributed by atoms with Gasteiger partial charge in [-0.1, -0.05) is 29.8 Å². The molecule has 0 bridgehead atoms. The summed E-state index contributed by atoms with van der Waals surface area (Å²) in [7, 11) is 0. The van der Waals surface area contributed by atoms with Crippen LogP contribution in [0.3, 0.4) is 0 Å². The quantitative estimate of drug-likeness (QED) is 0.734. The van der Waals surface area contributed by atoms with Crippen molar-refractivity contribution in [3.05, 3.63) is 34.9 Å². The van der Waals surface area contributed by atoms with Gasteiger partial charge in [-0.3, -0.25) is 5.73 Å². The van der Waals surface area contributed by atoms with Crippen molar-refractivity contribution in [3.8, 4) is 12.1 Å². The number of ether oxygens (including phenoxy) is 2. The fourth-order valence-corrected chi connectivity index (χ4v) is 4.24. The third-order valence-electron chi connectivity index (χ3n) is 4.91. The Balaban J connectivity index is 1.97. The minimum absolute atomic E-state index is 0.198. The van der Waals surface area contributed by atoms with Crippen molar-refractivity contribution < 1.29 is 14.5 Å². The number of nitrogens with zero attached hydrogens (tertiary/aromatic N) is 2. The summed E-state index contributed by atoms with van der Waals surface area (Å²) in [5, 5.41) is 20.2. The van der Waals surface area contributed by atoms with Crippen LogP contribution in [0.25, 0.3) is 0 Å². The SMILES string of the molecule is N#C[C@@]12C(N)=[NH+]C3(OCCO3)[C@]1(C#N)[C@@H]2c1ccccc1Cl. The molecule has 1 aromatic carbocycles. The largest absolute Gasteiger partial charge is 0.343 e. The van der Waals surface area contributed by atoms with E-state index in [-0.39, 0.29) is 5.84 Å². The lowest BCUT2D eigenvalue weighted by Gasteiger charge is -2.23. The molecule has 2 fully saturated rings. The van der Waals surface area contributed by atoms with Crippen LogP contribution in [0.1, 0.15) is 11.5 Å². The number of amidine groups is 1. The number of hydrogen-bond acceptors (Lipinski definition) is 5. The topological polar surface area (TPSA) is 106 Å². The Hall–Kier alpha value is -2.12. The predicted octanol–water partition coefficient (Wildman–Crippen LogP) is -0.391. The van der Waals surface area contributed by atoms with Crippen molar-refractivity contribution in [2.75, 3.05) is 13.2 Å². The van der Waals surface area contributed by atoms with Gasteiger partial charge in [0.2, 0.25) is 0 Å². The van der Waals surface area contributed by atoms with E-state index >= 15 is 0 Å². The van der Waals surface area contributed by atoms with Crippen LogP contribution in [0.5, 0.6) is 0 Å². The van der Waals surface area contributed by atoms with E-state index in [1.807, 2.05) is 6.07 Å². The lowest BCUT2D eigenvalue weighted by atomic mass is 9.94. The molecule has 0 amide bonds. The number of benzene rings is 1. The molecule has 7 heteroatoms. The van der Waals surface area contributed by atoms with Crippen LogP contribution in [0.15, 0.2) is 24.3 Å². The highest BCUT2D eigenvalue weighted by Crippen LogP contribution is 2.79. The molecule has 1 aromatic rings. The Kier molecular flexibility index (Phi) is 2.46. The number of rotatable bonds is 1. The minimum atomic E-state index is -1.38. The summed E-state index contributed by atoms with van der Waals surface area (Å²) in [5.41, 5.74) is 4.33. The van der Waals surface area contributed by atoms with Crippen molar-refractivity contribution in [1.82, 2.24) is 0 Å². The van der Waals surface area contributed by atoms with Gasteiger partial charge in [-0.2, -0.15) is 10.5 Å². The van der Waals surface area contributed by atoms with Gasteiger partial charge in [0.05, 0.1) is 25.4 Å². The highest BCUT2D eigenvalue weighted by molar-refractivity contribution is 6.31. The van der Waals surface area contributed by atoms with Crippen LogP contribution >= 0.6 is 11.6 Å². The Morgan fingerprint density at radius 2 is 1.91 bits per heavy atom. The summed E-state index contributed by atoms with van der Waals surface area (Å²) >= 11 is 6.28. The van der Waals surface area contributed by atoms with Gasteiger partial charge >= 0.3 is 5.91 Å². The maximum absolute atomic E-state index is 9.92. The molecule has 0 unspecified atom stereocenters. The van der Waals surface area contributed by atoms with Crippen LogP contribution in [0.4, 0.5) is 0 Å². The van der Waals surface area contributed by atoms with Crippen molar-refractivity contribution in [2.24, 2.45) is 16.6 Å². The van der Waals surface area contributed by atoms with Crippen molar-refractivity contribution in [2.45, 2.75) is 11.8 Å². The van der Waals surface area contributed by atoms with Gasteiger partial charge in [-0.25, -0.2) is 4.99 Å². The van der Waals surface area contributed by atoms with E-state index in [4.69, 9.17) is 26.8 Å². The summed E-state index contributed by atoms with van der Waals surface area (Å²) in [5.74, 6) is -1.68. The third-order valence-corrected chi connectivity index (χ3v) is 5.26. The molecule has 6 nitrogen and oxygen atoms in total. The molecule has 1 aliphatic carbocycles. The van der Waals surface area contributed by atoms with Gasteiger partial charge in [0.15, 0.2) is 10.8 Å². The zero-order valence-corrected chi connectivity index (χ0v) is 12.2. The second-order valence-corrected chi connectivity index (χ2v) is 6.05. The first-order valence-corrected chi connectivity index (χ1v) is 7.23. The van der Waals surface area contributed by atoms with Crippen LogP contribution in [-0.4, -0.2) is 25.0 Å². The molecule has 0 radical (unpaired) electrons. The van der Waals surface area contributed by atoms with E-state index in [0.717, 1.165) is 0 Å². The van der Waals surface area contributed by atoms with Crippen LogP contribution in [0, 0.1) is 33.5 Å². The maximum atomic E-state index is 9.92. The molecule has 3 N–H and O–H groups in total. The van der Waals surface area contributed by atoms with E-state index in [1.165, 1.54) is 0 Å². The van der Waals surface area contributed by atoms with Crippen molar-refractivity contribution >= 4 is 17.4 Å². The minimum Gasteiger partial charge on any atom is -0.311 e. The standard InChI is InChI=1S/C15H11ClN4O2/c16-10-4-2-1-3-9(10)11-13(7-17)12(19)20-15(14(11,13)8-18)21-5-6-22-15/h1-4,11H,5-6H2,(H2,19,20)/p+1/t11-,13-,14-/m1/s1. The predicted molar refractivity (Wildman–Crippen MR) is 75.1 cm³/mol. The molecule has 4 rings (SSSR count). The summed E-state index contributed by atoms with van der Waals surface area (Å²) in [4.78, 5) is 2.89. The number of hydrogen-bond donors (Lipinski definition) is 2. The van der Waals surface area contributed by atoms with E-state index in [2.05, 4.69) is 17.1 Å². The monoisotopic (exact) mass is 315 g/mol. The highest BCUT2D eigenvalue weighted by Gasteiger charge is 2.97. The third kappa shape index (κ3) is 1.14. The number of nitrogens with two attached hydrogens (primary N) is 1. The van der Waals surface area contributed by atoms with Crippen molar-refractivity contribution in [1.29, 1.82) is 10.5 Å². The van der Waals surface area contributed by atoms with Crippen LogP contribution < -0.4 is 10.7 Å². The zero-order valence-electron chi connectivity index (χ0n) is 11.5. The smallest absolute Gasteiger partial charge is 0.311 e. The lowest BCUT2D eigenvalue weighted by Crippen LogP contribution is -2.89. The molecule has 1 saturated carbocycles. The molecule has 3 aliphatic rings. The summed E-state index contributed by atoms with van der Waals surface area (Å²) < 4.78 is 11.4.